The Morgan fingerprint density at radius 1 is 0.950 bits per heavy atom. The Hall–Kier alpha value is -1.13. The summed E-state index contributed by atoms with van der Waals surface area (Å²) < 4.78 is 0. The van der Waals surface area contributed by atoms with Crippen molar-refractivity contribution in [1.82, 2.24) is 0 Å². The van der Waals surface area contributed by atoms with Crippen LogP contribution in [0.4, 0.5) is 0 Å². The van der Waals surface area contributed by atoms with Gasteiger partial charge < -0.3 is 0 Å². The smallest absolute Gasteiger partial charge is 0.211 e. The molecule has 0 N–H and O–H groups in total. The van der Waals surface area contributed by atoms with Crippen molar-refractivity contribution in [3.63, 3.8) is 0 Å². The number of carbonyl (C=O) groups excluding carboxylic acids is 1. The molecule has 0 saturated heterocycles. The minimum atomic E-state index is 0.217. The summed E-state index contributed by atoms with van der Waals surface area (Å²) in [6.07, 6.45) is 10.7. The summed E-state index contributed by atoms with van der Waals surface area (Å²) >= 11 is 0. The van der Waals surface area contributed by atoms with Gasteiger partial charge in [0.1, 0.15) is 0 Å². The van der Waals surface area contributed by atoms with Crippen LogP contribution in [0.2, 0.25) is 0 Å². The zero-order chi connectivity index (χ0) is 14.6. The Balaban J connectivity index is 1.91. The first-order chi connectivity index (χ1) is 9.57. The van der Waals surface area contributed by atoms with Gasteiger partial charge in [-0.15, -0.1) is 0 Å². The highest BCUT2D eigenvalue weighted by Gasteiger charge is 2.40. The molecule has 2 fully saturated rings. The lowest BCUT2D eigenvalue weighted by atomic mass is 9.60. The van der Waals surface area contributed by atoms with Gasteiger partial charge in [-0.25, -0.2) is 9.79 Å². The molecule has 0 aromatic heterocycles. The molecule has 3 nitrogen and oxygen atoms in total. The van der Waals surface area contributed by atoms with Crippen molar-refractivity contribution >= 4 is 6.08 Å². The lowest BCUT2D eigenvalue weighted by Crippen LogP contribution is -2.37. The second kappa shape index (κ2) is 6.55. The third kappa shape index (κ3) is 3.30. The average molecular weight is 274 g/mol. The number of rotatable bonds is 3. The van der Waals surface area contributed by atoms with E-state index in [1.165, 1.54) is 25.7 Å². The minimum Gasteiger partial charge on any atom is -0.211 e. The Morgan fingerprint density at radius 3 is 1.90 bits per heavy atom. The summed E-state index contributed by atoms with van der Waals surface area (Å²) in [6.45, 7) is 4.83. The molecule has 0 aliphatic heterocycles. The molecule has 0 atom stereocenters. The Kier molecular flexibility index (Phi) is 5.00. The fourth-order valence-electron chi connectivity index (χ4n) is 4.32. The maximum Gasteiger partial charge on any atom is 0.235 e. The first-order valence-electron chi connectivity index (χ1n) is 8.04. The van der Waals surface area contributed by atoms with Crippen LogP contribution in [0.3, 0.4) is 0 Å². The molecule has 0 bridgehead atoms. The van der Waals surface area contributed by atoms with Crippen molar-refractivity contribution in [2.45, 2.75) is 71.3 Å². The van der Waals surface area contributed by atoms with E-state index in [2.05, 4.69) is 24.9 Å². The second-order valence-electron chi connectivity index (χ2n) is 7.22. The van der Waals surface area contributed by atoms with Crippen LogP contribution >= 0.6 is 0 Å². The van der Waals surface area contributed by atoms with E-state index in [1.807, 2.05) is 0 Å². The van der Waals surface area contributed by atoms with Gasteiger partial charge in [0.25, 0.3) is 0 Å². The normalized spacial score (nSPS) is 34.9. The summed E-state index contributed by atoms with van der Waals surface area (Å²) in [6, 6.07) is 2.64. The van der Waals surface area contributed by atoms with Crippen molar-refractivity contribution < 1.29 is 4.79 Å². The lowest BCUT2D eigenvalue weighted by molar-refractivity contribution is 0.0502. The topological polar surface area (TPSA) is 53.2 Å². The van der Waals surface area contributed by atoms with Crippen molar-refractivity contribution in [2.75, 3.05) is 0 Å². The van der Waals surface area contributed by atoms with E-state index < -0.39 is 0 Å². The third-order valence-electron chi connectivity index (χ3n) is 5.95. The molecule has 0 spiro atoms. The van der Waals surface area contributed by atoms with Gasteiger partial charge in [-0.3, -0.25) is 0 Å². The third-order valence-corrected chi connectivity index (χ3v) is 5.95. The van der Waals surface area contributed by atoms with Gasteiger partial charge in [0.05, 0.1) is 12.1 Å². The van der Waals surface area contributed by atoms with E-state index in [9.17, 15) is 4.79 Å². The predicted octanol–water partition coefficient (Wildman–Crippen LogP) is 4.24. The van der Waals surface area contributed by atoms with Crippen LogP contribution in [0.15, 0.2) is 4.99 Å². The largest absolute Gasteiger partial charge is 0.235 e. The summed E-state index contributed by atoms with van der Waals surface area (Å²) in [5, 5.41) is 9.02. The molecule has 0 aromatic rings. The van der Waals surface area contributed by atoms with E-state index in [1.54, 1.807) is 6.08 Å². The maximum absolute atomic E-state index is 10.3. The van der Waals surface area contributed by atoms with Gasteiger partial charge >= 0.3 is 0 Å². The molecule has 0 radical (unpaired) electrons. The Bertz CT molecular complexity index is 401. The molecule has 0 aromatic carbocycles. The quantitative estimate of drug-likeness (QED) is 0.571. The van der Waals surface area contributed by atoms with E-state index in [0.717, 1.165) is 37.5 Å². The van der Waals surface area contributed by atoms with Crippen LogP contribution in [0, 0.1) is 34.5 Å². The maximum atomic E-state index is 10.3. The fraction of sp³-hybridized carbons (Fsp3) is 0.882. The predicted molar refractivity (Wildman–Crippen MR) is 78.7 cm³/mol. The molecule has 0 unspecified atom stereocenters. The minimum absolute atomic E-state index is 0.217. The van der Waals surface area contributed by atoms with Crippen LogP contribution in [0.1, 0.15) is 65.2 Å². The molecular weight excluding hydrogens is 248 g/mol. The highest BCUT2D eigenvalue weighted by molar-refractivity contribution is 5.33. The van der Waals surface area contributed by atoms with E-state index >= 15 is 0 Å². The van der Waals surface area contributed by atoms with E-state index in [0.29, 0.717) is 11.3 Å². The van der Waals surface area contributed by atoms with Gasteiger partial charge in [0.2, 0.25) is 6.08 Å². The van der Waals surface area contributed by atoms with Gasteiger partial charge in [-0.2, -0.15) is 5.26 Å². The van der Waals surface area contributed by atoms with Crippen LogP contribution in [-0.2, 0) is 4.79 Å². The average Bonchev–Trinajstić information content (AvgIpc) is 2.48. The summed E-state index contributed by atoms with van der Waals surface area (Å²) in [5.41, 5.74) is 0.357. The molecule has 2 aliphatic carbocycles. The highest BCUT2D eigenvalue weighted by atomic mass is 16.1. The summed E-state index contributed by atoms with van der Waals surface area (Å²) in [7, 11) is 0. The number of nitrogens with zero attached hydrogens (tertiary/aromatic N) is 2. The van der Waals surface area contributed by atoms with Crippen LogP contribution in [-0.4, -0.2) is 12.1 Å². The van der Waals surface area contributed by atoms with Crippen LogP contribution in [0.5, 0.6) is 0 Å². The summed E-state index contributed by atoms with van der Waals surface area (Å²) in [5.74, 6) is 1.78. The molecule has 2 rings (SSSR count). The van der Waals surface area contributed by atoms with Crippen molar-refractivity contribution in [3.8, 4) is 6.07 Å². The first-order valence-corrected chi connectivity index (χ1v) is 8.04. The lowest BCUT2D eigenvalue weighted by Gasteiger charge is -2.45. The monoisotopic (exact) mass is 274 g/mol. The summed E-state index contributed by atoms with van der Waals surface area (Å²) in [4.78, 5) is 14.2. The molecule has 0 heterocycles. The molecule has 110 valence electrons. The first kappa shape index (κ1) is 15.3. The SMILES string of the molecule is CC(C)(C1CCC(C#N)CC1)C1CCC(N=C=O)CC1. The van der Waals surface area contributed by atoms with Gasteiger partial charge in [-0.05, 0) is 68.6 Å². The molecule has 0 amide bonds. The van der Waals surface area contributed by atoms with Gasteiger partial charge in [-0.1, -0.05) is 13.8 Å². The van der Waals surface area contributed by atoms with Crippen LogP contribution < -0.4 is 0 Å². The fourth-order valence-corrected chi connectivity index (χ4v) is 4.32. The van der Waals surface area contributed by atoms with Crippen molar-refractivity contribution in [2.24, 2.45) is 28.2 Å². The van der Waals surface area contributed by atoms with Crippen molar-refractivity contribution in [3.05, 3.63) is 0 Å². The Morgan fingerprint density at radius 2 is 1.45 bits per heavy atom. The van der Waals surface area contributed by atoms with Gasteiger partial charge in [0, 0.05) is 5.92 Å². The molecule has 2 saturated carbocycles. The number of aliphatic imine (C=N–C) groups is 1. The van der Waals surface area contributed by atoms with Crippen LogP contribution in [0.25, 0.3) is 0 Å². The molecule has 20 heavy (non-hydrogen) atoms. The zero-order valence-corrected chi connectivity index (χ0v) is 12.8. The standard InChI is InChI=1S/C17H26N2O/c1-17(2,14-5-3-13(11-18)4-6-14)15-7-9-16(10-8-15)19-12-20/h13-16H,3-10H2,1-2H3. The Labute approximate surface area is 122 Å². The zero-order valence-electron chi connectivity index (χ0n) is 12.8. The second-order valence-corrected chi connectivity index (χ2v) is 7.22. The number of hydrogen-bond acceptors (Lipinski definition) is 3. The number of nitriles is 1. The number of isocyanates is 1. The van der Waals surface area contributed by atoms with Gasteiger partial charge in [0.15, 0.2) is 0 Å². The molecule has 2 aliphatic rings. The van der Waals surface area contributed by atoms with Crippen molar-refractivity contribution in [1.29, 1.82) is 5.26 Å². The number of hydrogen-bond donors (Lipinski definition) is 0. The molecular formula is C17H26N2O. The molecule has 3 heteroatoms. The van der Waals surface area contributed by atoms with E-state index in [4.69, 9.17) is 5.26 Å². The van der Waals surface area contributed by atoms with E-state index in [-0.39, 0.29) is 6.04 Å². The highest BCUT2D eigenvalue weighted by Crippen LogP contribution is 2.49.